The Hall–Kier alpha value is -0.160. The maximum Gasteiger partial charge on any atom is 0.117 e. The van der Waals surface area contributed by atoms with E-state index in [1.165, 1.54) is 0 Å². The van der Waals surface area contributed by atoms with Crippen molar-refractivity contribution in [3.05, 3.63) is 16.6 Å². The van der Waals surface area contributed by atoms with Crippen molar-refractivity contribution in [2.75, 3.05) is 13.2 Å². The molecular weight excluding hydrogens is 184 g/mol. The first-order valence-corrected chi connectivity index (χ1v) is 3.96. The van der Waals surface area contributed by atoms with Crippen LogP contribution in [-0.4, -0.2) is 18.2 Å². The maximum atomic E-state index is 5.89. The Bertz CT molecular complexity index is 222. The number of nitrogens with two attached hydrogens (primary N) is 1. The molecule has 1 aliphatic rings. The van der Waals surface area contributed by atoms with Crippen LogP contribution in [-0.2, 0) is 10.3 Å². The lowest BCUT2D eigenvalue weighted by atomic mass is 10.0. The fraction of sp³-hybridized carbons (Fsp3) is 0.500. The highest BCUT2D eigenvalue weighted by Gasteiger charge is 2.38. The van der Waals surface area contributed by atoms with Crippen LogP contribution >= 0.6 is 23.7 Å². The van der Waals surface area contributed by atoms with Crippen molar-refractivity contribution < 1.29 is 4.74 Å². The van der Waals surface area contributed by atoms with E-state index in [1.807, 2.05) is 5.38 Å². The molecule has 1 aromatic rings. The number of nitrogens with zero attached hydrogens (tertiary/aromatic N) is 1. The predicted molar refractivity (Wildman–Crippen MR) is 46.0 cm³/mol. The minimum atomic E-state index is -0.270. The van der Waals surface area contributed by atoms with Gasteiger partial charge in [0, 0.05) is 11.6 Å². The number of hydrogen-bond donors (Lipinski definition) is 1. The SMILES string of the molecule is Cl.NC1(c2nccs2)COC1. The summed E-state index contributed by atoms with van der Waals surface area (Å²) in [6.45, 7) is 1.22. The number of hydrogen-bond acceptors (Lipinski definition) is 4. The zero-order chi connectivity index (χ0) is 7.03. The van der Waals surface area contributed by atoms with Crippen molar-refractivity contribution in [1.29, 1.82) is 0 Å². The molecule has 0 radical (unpaired) electrons. The Morgan fingerprint density at radius 1 is 1.64 bits per heavy atom. The average molecular weight is 193 g/mol. The van der Waals surface area contributed by atoms with E-state index in [0.717, 1.165) is 5.01 Å². The van der Waals surface area contributed by atoms with E-state index in [4.69, 9.17) is 10.5 Å². The summed E-state index contributed by atoms with van der Waals surface area (Å²) in [7, 11) is 0. The van der Waals surface area contributed by atoms with E-state index in [0.29, 0.717) is 13.2 Å². The molecule has 0 bridgehead atoms. The third-order valence-corrected chi connectivity index (χ3v) is 2.57. The van der Waals surface area contributed by atoms with Crippen LogP contribution in [0.3, 0.4) is 0 Å². The molecule has 0 saturated carbocycles. The maximum absolute atomic E-state index is 5.89. The first-order valence-electron chi connectivity index (χ1n) is 3.08. The Morgan fingerprint density at radius 3 is 2.73 bits per heavy atom. The van der Waals surface area contributed by atoms with Crippen LogP contribution in [0, 0.1) is 0 Å². The quantitative estimate of drug-likeness (QED) is 0.715. The highest BCUT2D eigenvalue weighted by Crippen LogP contribution is 2.27. The average Bonchev–Trinajstić information content (AvgIpc) is 2.33. The van der Waals surface area contributed by atoms with Crippen molar-refractivity contribution >= 4 is 23.7 Å². The summed E-state index contributed by atoms with van der Waals surface area (Å²) < 4.78 is 5.00. The van der Waals surface area contributed by atoms with Crippen LogP contribution in [0.4, 0.5) is 0 Å². The fourth-order valence-corrected chi connectivity index (χ4v) is 1.64. The molecule has 1 saturated heterocycles. The van der Waals surface area contributed by atoms with Gasteiger partial charge in [0.1, 0.15) is 10.5 Å². The molecule has 0 atom stereocenters. The molecular formula is C6H9ClN2OS. The summed E-state index contributed by atoms with van der Waals surface area (Å²) in [4.78, 5) is 4.12. The van der Waals surface area contributed by atoms with Gasteiger partial charge in [-0.1, -0.05) is 0 Å². The van der Waals surface area contributed by atoms with Crippen molar-refractivity contribution in [1.82, 2.24) is 4.98 Å². The van der Waals surface area contributed by atoms with Crippen molar-refractivity contribution in [3.63, 3.8) is 0 Å². The first kappa shape index (κ1) is 8.93. The fourth-order valence-electron chi connectivity index (χ4n) is 0.915. The molecule has 5 heteroatoms. The minimum Gasteiger partial charge on any atom is -0.377 e. The molecule has 1 fully saturated rings. The molecule has 0 unspecified atom stereocenters. The zero-order valence-electron chi connectivity index (χ0n) is 5.82. The summed E-state index contributed by atoms with van der Waals surface area (Å²) in [5.41, 5.74) is 5.62. The van der Waals surface area contributed by atoms with Crippen LogP contribution in [0.25, 0.3) is 0 Å². The third-order valence-electron chi connectivity index (χ3n) is 1.58. The second-order valence-electron chi connectivity index (χ2n) is 2.49. The molecule has 0 spiro atoms. The standard InChI is InChI=1S/C6H8N2OS.ClH/c7-6(3-9-4-6)5-8-1-2-10-5;/h1-2H,3-4,7H2;1H. The van der Waals surface area contributed by atoms with Gasteiger partial charge in [-0.3, -0.25) is 0 Å². The highest BCUT2D eigenvalue weighted by atomic mass is 35.5. The lowest BCUT2D eigenvalue weighted by Gasteiger charge is -2.35. The smallest absolute Gasteiger partial charge is 0.117 e. The summed E-state index contributed by atoms with van der Waals surface area (Å²) in [5, 5.41) is 2.92. The van der Waals surface area contributed by atoms with Crippen molar-refractivity contribution in [3.8, 4) is 0 Å². The van der Waals surface area contributed by atoms with Gasteiger partial charge >= 0.3 is 0 Å². The molecule has 2 rings (SSSR count). The third kappa shape index (κ3) is 1.39. The number of ether oxygens (including phenoxy) is 1. The molecule has 0 aromatic carbocycles. The highest BCUT2D eigenvalue weighted by molar-refractivity contribution is 7.09. The second kappa shape index (κ2) is 3.06. The monoisotopic (exact) mass is 192 g/mol. The Morgan fingerprint density at radius 2 is 2.36 bits per heavy atom. The second-order valence-corrected chi connectivity index (χ2v) is 3.38. The molecule has 0 amide bonds. The minimum absolute atomic E-state index is 0. The number of rotatable bonds is 1. The molecule has 2 N–H and O–H groups in total. The number of halogens is 1. The van der Waals surface area contributed by atoms with Gasteiger partial charge in [-0.25, -0.2) is 4.98 Å². The van der Waals surface area contributed by atoms with Crippen LogP contribution < -0.4 is 5.73 Å². The predicted octanol–water partition coefficient (Wildman–Crippen LogP) is 0.749. The van der Waals surface area contributed by atoms with Crippen LogP contribution in [0.5, 0.6) is 0 Å². The van der Waals surface area contributed by atoms with E-state index in [-0.39, 0.29) is 17.9 Å². The first-order chi connectivity index (χ1) is 4.81. The lowest BCUT2D eigenvalue weighted by Crippen LogP contribution is -2.54. The Labute approximate surface area is 75.0 Å². The summed E-state index contributed by atoms with van der Waals surface area (Å²) in [6, 6.07) is 0. The van der Waals surface area contributed by atoms with Crippen molar-refractivity contribution in [2.24, 2.45) is 5.73 Å². The van der Waals surface area contributed by atoms with Crippen LogP contribution in [0.15, 0.2) is 11.6 Å². The molecule has 1 aliphatic heterocycles. The van der Waals surface area contributed by atoms with Gasteiger partial charge in [-0.15, -0.1) is 23.7 Å². The number of aromatic nitrogens is 1. The van der Waals surface area contributed by atoms with Gasteiger partial charge < -0.3 is 10.5 Å². The van der Waals surface area contributed by atoms with Crippen LogP contribution in [0.2, 0.25) is 0 Å². The Kier molecular flexibility index (Phi) is 2.49. The van der Waals surface area contributed by atoms with Gasteiger partial charge in [0.15, 0.2) is 0 Å². The van der Waals surface area contributed by atoms with E-state index >= 15 is 0 Å². The van der Waals surface area contributed by atoms with Gasteiger partial charge in [0.05, 0.1) is 13.2 Å². The molecule has 62 valence electrons. The molecule has 2 heterocycles. The van der Waals surface area contributed by atoms with Gasteiger partial charge in [0.2, 0.25) is 0 Å². The number of thiazole rings is 1. The van der Waals surface area contributed by atoms with Crippen molar-refractivity contribution in [2.45, 2.75) is 5.54 Å². The summed E-state index contributed by atoms with van der Waals surface area (Å²) >= 11 is 1.59. The van der Waals surface area contributed by atoms with Gasteiger partial charge in [-0.2, -0.15) is 0 Å². The van der Waals surface area contributed by atoms with Gasteiger partial charge in [0.25, 0.3) is 0 Å². The van der Waals surface area contributed by atoms with E-state index in [1.54, 1.807) is 17.5 Å². The lowest BCUT2D eigenvalue weighted by molar-refractivity contribution is -0.0569. The Balaban J connectivity index is 0.000000605. The molecule has 1 aromatic heterocycles. The molecule has 0 aliphatic carbocycles. The molecule has 3 nitrogen and oxygen atoms in total. The van der Waals surface area contributed by atoms with Gasteiger partial charge in [-0.05, 0) is 0 Å². The topological polar surface area (TPSA) is 48.1 Å². The van der Waals surface area contributed by atoms with Crippen LogP contribution in [0.1, 0.15) is 5.01 Å². The van der Waals surface area contributed by atoms with E-state index in [2.05, 4.69) is 4.98 Å². The van der Waals surface area contributed by atoms with E-state index < -0.39 is 0 Å². The van der Waals surface area contributed by atoms with E-state index in [9.17, 15) is 0 Å². The largest absolute Gasteiger partial charge is 0.377 e. The molecule has 11 heavy (non-hydrogen) atoms. The zero-order valence-corrected chi connectivity index (χ0v) is 7.45. The summed E-state index contributed by atoms with van der Waals surface area (Å²) in [5.74, 6) is 0. The normalized spacial score (nSPS) is 20.1. The summed E-state index contributed by atoms with van der Waals surface area (Å²) in [6.07, 6.45) is 1.77.